The number of aryl methyl sites for hydroxylation is 1. The highest BCUT2D eigenvalue weighted by Crippen LogP contribution is 2.38. The first-order chi connectivity index (χ1) is 9.67. The number of ether oxygens (including phenoxy) is 1. The molecular formula is C15H18N2O2S. The molecule has 4 nitrogen and oxygen atoms in total. The molecule has 0 spiro atoms. The second-order valence-electron chi connectivity index (χ2n) is 4.75. The van der Waals surface area contributed by atoms with Gasteiger partial charge in [-0.2, -0.15) is 5.26 Å². The van der Waals surface area contributed by atoms with Crippen LogP contribution in [0.15, 0.2) is 12.7 Å². The summed E-state index contributed by atoms with van der Waals surface area (Å²) in [6.45, 7) is 5.80. The summed E-state index contributed by atoms with van der Waals surface area (Å²) < 4.78 is 5.41. The van der Waals surface area contributed by atoms with Crippen molar-refractivity contribution >= 4 is 22.2 Å². The summed E-state index contributed by atoms with van der Waals surface area (Å²) in [6, 6.07) is 2.21. The van der Waals surface area contributed by atoms with E-state index in [-0.39, 0.29) is 5.91 Å². The third-order valence-electron chi connectivity index (χ3n) is 3.33. The number of carbonyl (C=O) groups is 1. The minimum atomic E-state index is -0.529. The van der Waals surface area contributed by atoms with Gasteiger partial charge in [0.2, 0.25) is 0 Å². The molecule has 1 aromatic rings. The first kappa shape index (κ1) is 14.8. The largest absolute Gasteiger partial charge is 0.368 e. The van der Waals surface area contributed by atoms with E-state index in [1.807, 2.05) is 0 Å². The molecule has 1 aliphatic carbocycles. The van der Waals surface area contributed by atoms with Gasteiger partial charge in [0.15, 0.2) is 0 Å². The highest BCUT2D eigenvalue weighted by molar-refractivity contribution is 7.16. The van der Waals surface area contributed by atoms with Crippen molar-refractivity contribution in [1.29, 1.82) is 5.26 Å². The predicted octanol–water partition coefficient (Wildman–Crippen LogP) is 3.03. The maximum absolute atomic E-state index is 12.0. The number of nitrogens with zero attached hydrogens (tertiary/aromatic N) is 1. The smallest absolute Gasteiger partial charge is 0.253 e. The lowest BCUT2D eigenvalue weighted by Crippen LogP contribution is -2.28. The molecule has 0 saturated heterocycles. The minimum Gasteiger partial charge on any atom is -0.368 e. The monoisotopic (exact) mass is 290 g/mol. The Morgan fingerprint density at radius 3 is 3.15 bits per heavy atom. The lowest BCUT2D eigenvalue weighted by atomic mass is 10.1. The van der Waals surface area contributed by atoms with Crippen molar-refractivity contribution in [3.8, 4) is 6.07 Å². The number of thiophene rings is 1. The van der Waals surface area contributed by atoms with Gasteiger partial charge in [0.25, 0.3) is 5.91 Å². The lowest BCUT2D eigenvalue weighted by Gasteiger charge is -2.12. The van der Waals surface area contributed by atoms with E-state index < -0.39 is 6.10 Å². The molecule has 1 atom stereocenters. The van der Waals surface area contributed by atoms with Crippen molar-refractivity contribution in [2.45, 2.75) is 38.7 Å². The van der Waals surface area contributed by atoms with Crippen LogP contribution in [0, 0.1) is 11.3 Å². The molecule has 0 radical (unpaired) electrons. The third-order valence-corrected chi connectivity index (χ3v) is 4.54. The second-order valence-corrected chi connectivity index (χ2v) is 5.86. The molecule has 1 aromatic heterocycles. The van der Waals surface area contributed by atoms with Gasteiger partial charge in [-0.1, -0.05) is 6.08 Å². The molecule has 2 rings (SSSR count). The summed E-state index contributed by atoms with van der Waals surface area (Å²) in [5.74, 6) is -0.203. The molecule has 0 saturated carbocycles. The van der Waals surface area contributed by atoms with Gasteiger partial charge in [-0.3, -0.25) is 4.79 Å². The fourth-order valence-corrected chi connectivity index (χ4v) is 3.47. The summed E-state index contributed by atoms with van der Waals surface area (Å²) in [5, 5.41) is 12.8. The van der Waals surface area contributed by atoms with Gasteiger partial charge in [0, 0.05) is 4.88 Å². The Labute approximate surface area is 123 Å². The molecule has 0 fully saturated rings. The number of nitriles is 1. The zero-order valence-electron chi connectivity index (χ0n) is 11.6. The normalized spacial score (nSPS) is 14.4. The highest BCUT2D eigenvalue weighted by atomic mass is 32.1. The number of amides is 1. The Morgan fingerprint density at radius 2 is 2.45 bits per heavy atom. The molecule has 1 unspecified atom stereocenters. The van der Waals surface area contributed by atoms with Crippen LogP contribution in [0.25, 0.3) is 0 Å². The van der Waals surface area contributed by atoms with Crippen molar-refractivity contribution in [2.75, 3.05) is 11.9 Å². The lowest BCUT2D eigenvalue weighted by molar-refractivity contribution is -0.126. The fraction of sp³-hybridized carbons (Fsp3) is 0.467. The van der Waals surface area contributed by atoms with E-state index in [4.69, 9.17) is 4.74 Å². The SMILES string of the molecule is C=CCCOC(C)C(=O)Nc1sc2c(c1C#N)CCC2. The Bertz CT molecular complexity index is 557. The highest BCUT2D eigenvalue weighted by Gasteiger charge is 2.24. The van der Waals surface area contributed by atoms with E-state index in [0.717, 1.165) is 24.8 Å². The zero-order valence-corrected chi connectivity index (χ0v) is 12.4. The van der Waals surface area contributed by atoms with Gasteiger partial charge in [0.05, 0.1) is 12.2 Å². The molecule has 1 aliphatic rings. The summed E-state index contributed by atoms with van der Waals surface area (Å²) in [7, 11) is 0. The number of rotatable bonds is 6. The van der Waals surface area contributed by atoms with Crippen molar-refractivity contribution < 1.29 is 9.53 Å². The Kier molecular flexibility index (Phi) is 4.94. The van der Waals surface area contributed by atoms with Gasteiger partial charge < -0.3 is 10.1 Å². The standard InChI is InChI=1S/C15H18N2O2S/c1-3-4-8-19-10(2)14(18)17-15-12(9-16)11-6-5-7-13(11)20-15/h3,10H,1,4-8H2,2H3,(H,17,18). The maximum Gasteiger partial charge on any atom is 0.253 e. The van der Waals surface area contributed by atoms with Crippen LogP contribution in [0.3, 0.4) is 0 Å². The fourth-order valence-electron chi connectivity index (χ4n) is 2.23. The van der Waals surface area contributed by atoms with E-state index in [2.05, 4.69) is 18.0 Å². The average molecular weight is 290 g/mol. The van der Waals surface area contributed by atoms with Gasteiger partial charge in [-0.25, -0.2) is 0 Å². The van der Waals surface area contributed by atoms with E-state index in [1.165, 1.54) is 16.2 Å². The summed E-state index contributed by atoms with van der Waals surface area (Å²) in [5.41, 5.74) is 1.75. The van der Waals surface area contributed by atoms with Crippen LogP contribution < -0.4 is 5.32 Å². The molecule has 1 N–H and O–H groups in total. The molecular weight excluding hydrogens is 272 g/mol. The number of hydrogen-bond donors (Lipinski definition) is 1. The van der Waals surface area contributed by atoms with Gasteiger partial charge >= 0.3 is 0 Å². The van der Waals surface area contributed by atoms with Gasteiger partial charge in [-0.05, 0) is 38.2 Å². The van der Waals surface area contributed by atoms with Crippen LogP contribution in [0.1, 0.15) is 35.8 Å². The summed E-state index contributed by atoms with van der Waals surface area (Å²) in [6.07, 6.45) is 4.99. The van der Waals surface area contributed by atoms with E-state index in [0.29, 0.717) is 23.6 Å². The first-order valence-electron chi connectivity index (χ1n) is 6.75. The summed E-state index contributed by atoms with van der Waals surface area (Å²) >= 11 is 1.52. The molecule has 5 heteroatoms. The number of carbonyl (C=O) groups excluding carboxylic acids is 1. The van der Waals surface area contributed by atoms with E-state index in [1.54, 1.807) is 13.0 Å². The van der Waals surface area contributed by atoms with E-state index in [9.17, 15) is 10.1 Å². The molecule has 1 amide bonds. The van der Waals surface area contributed by atoms with Crippen molar-refractivity contribution in [3.63, 3.8) is 0 Å². The van der Waals surface area contributed by atoms with Crippen LogP contribution in [0.4, 0.5) is 5.00 Å². The number of nitrogens with one attached hydrogen (secondary N) is 1. The molecule has 20 heavy (non-hydrogen) atoms. The van der Waals surface area contributed by atoms with Crippen LogP contribution >= 0.6 is 11.3 Å². The Morgan fingerprint density at radius 1 is 1.65 bits per heavy atom. The van der Waals surface area contributed by atoms with Crippen molar-refractivity contribution in [2.24, 2.45) is 0 Å². The average Bonchev–Trinajstić information content (AvgIpc) is 2.98. The Balaban J connectivity index is 2.01. The second kappa shape index (κ2) is 6.69. The van der Waals surface area contributed by atoms with Crippen LogP contribution in [-0.2, 0) is 22.4 Å². The van der Waals surface area contributed by atoms with Gasteiger partial charge in [0.1, 0.15) is 17.2 Å². The van der Waals surface area contributed by atoms with Crippen LogP contribution in [0.2, 0.25) is 0 Å². The van der Waals surface area contributed by atoms with Crippen molar-refractivity contribution in [3.05, 3.63) is 28.7 Å². The maximum atomic E-state index is 12.0. The third kappa shape index (κ3) is 3.09. The molecule has 0 aromatic carbocycles. The predicted molar refractivity (Wildman–Crippen MR) is 79.9 cm³/mol. The molecule has 106 valence electrons. The Hall–Kier alpha value is -1.64. The number of anilines is 1. The minimum absolute atomic E-state index is 0.203. The molecule has 0 bridgehead atoms. The first-order valence-corrected chi connectivity index (χ1v) is 7.57. The number of hydrogen-bond acceptors (Lipinski definition) is 4. The topological polar surface area (TPSA) is 62.1 Å². The molecule has 0 aliphatic heterocycles. The van der Waals surface area contributed by atoms with E-state index >= 15 is 0 Å². The zero-order chi connectivity index (χ0) is 14.5. The van der Waals surface area contributed by atoms with Gasteiger partial charge in [-0.15, -0.1) is 17.9 Å². The summed E-state index contributed by atoms with van der Waals surface area (Å²) in [4.78, 5) is 13.3. The van der Waals surface area contributed by atoms with Crippen LogP contribution in [0.5, 0.6) is 0 Å². The number of fused-ring (bicyclic) bond motifs is 1. The molecule has 1 heterocycles. The quantitative estimate of drug-likeness (QED) is 0.647. The van der Waals surface area contributed by atoms with Crippen LogP contribution in [-0.4, -0.2) is 18.6 Å². The van der Waals surface area contributed by atoms with Crippen molar-refractivity contribution in [1.82, 2.24) is 0 Å².